The summed E-state index contributed by atoms with van der Waals surface area (Å²) >= 11 is 0. The van der Waals surface area contributed by atoms with E-state index in [-0.39, 0.29) is 6.10 Å². The van der Waals surface area contributed by atoms with Gasteiger partial charge in [-0.05, 0) is 44.2 Å². The lowest BCUT2D eigenvalue weighted by molar-refractivity contribution is 0.144. The average Bonchev–Trinajstić information content (AvgIpc) is 3.27. The lowest BCUT2D eigenvalue weighted by Crippen LogP contribution is -2.34. The van der Waals surface area contributed by atoms with Gasteiger partial charge in [-0.15, -0.1) is 5.10 Å². The highest BCUT2D eigenvalue weighted by atomic mass is 16.5. The molecule has 0 aliphatic carbocycles. The molecule has 0 saturated carbocycles. The van der Waals surface area contributed by atoms with Crippen LogP contribution in [0.25, 0.3) is 16.6 Å². The fraction of sp³-hybridized carbons (Fsp3) is 0.281. The van der Waals surface area contributed by atoms with E-state index in [1.54, 1.807) is 0 Å². The quantitative estimate of drug-likeness (QED) is 0.238. The van der Waals surface area contributed by atoms with Gasteiger partial charge >= 0.3 is 0 Å². The molecule has 0 aliphatic rings. The van der Waals surface area contributed by atoms with E-state index in [2.05, 4.69) is 102 Å². The minimum absolute atomic E-state index is 0.0230. The molecule has 0 fully saturated rings. The van der Waals surface area contributed by atoms with E-state index in [0.29, 0.717) is 0 Å². The SMILES string of the molecule is Cc1nnc(N(C)C)c2nn(-c3cccc(OC(Cc4ccccc4)CN(C)Cc4ccccc4)c3)c(C)c12. The second-order valence-electron chi connectivity index (χ2n) is 10.3. The molecular weight excluding hydrogens is 484 g/mol. The predicted molar refractivity (Wildman–Crippen MR) is 158 cm³/mol. The Labute approximate surface area is 230 Å². The number of aryl methyl sites for hydroxylation is 2. The Balaban J connectivity index is 1.42. The highest BCUT2D eigenvalue weighted by molar-refractivity contribution is 5.92. The van der Waals surface area contributed by atoms with Gasteiger partial charge in [0.25, 0.3) is 0 Å². The van der Waals surface area contributed by atoms with E-state index in [1.807, 2.05) is 42.7 Å². The summed E-state index contributed by atoms with van der Waals surface area (Å²) in [4.78, 5) is 4.27. The largest absolute Gasteiger partial charge is 0.489 e. The van der Waals surface area contributed by atoms with Crippen molar-refractivity contribution >= 4 is 16.7 Å². The second-order valence-corrected chi connectivity index (χ2v) is 10.3. The van der Waals surface area contributed by atoms with Gasteiger partial charge in [0.1, 0.15) is 17.4 Å². The van der Waals surface area contributed by atoms with Gasteiger partial charge in [-0.3, -0.25) is 4.90 Å². The highest BCUT2D eigenvalue weighted by Crippen LogP contribution is 2.29. The molecule has 200 valence electrons. The van der Waals surface area contributed by atoms with Crippen molar-refractivity contribution in [1.82, 2.24) is 24.9 Å². The smallest absolute Gasteiger partial charge is 0.179 e. The topological polar surface area (TPSA) is 59.3 Å². The van der Waals surface area contributed by atoms with Gasteiger partial charge in [-0.2, -0.15) is 10.2 Å². The number of hydrogen-bond acceptors (Lipinski definition) is 6. The first-order valence-electron chi connectivity index (χ1n) is 13.3. The van der Waals surface area contributed by atoms with Gasteiger partial charge in [0.2, 0.25) is 0 Å². The van der Waals surface area contributed by atoms with Gasteiger partial charge in [-0.1, -0.05) is 66.7 Å². The van der Waals surface area contributed by atoms with E-state index in [4.69, 9.17) is 9.84 Å². The van der Waals surface area contributed by atoms with Crippen LogP contribution < -0.4 is 9.64 Å². The molecular formula is C32H36N6O. The normalized spacial score (nSPS) is 12.2. The Morgan fingerprint density at radius 3 is 2.21 bits per heavy atom. The minimum atomic E-state index is -0.0230. The zero-order valence-electron chi connectivity index (χ0n) is 23.4. The molecule has 2 heterocycles. The molecule has 0 spiro atoms. The zero-order valence-corrected chi connectivity index (χ0v) is 23.4. The Hall–Kier alpha value is -4.23. The van der Waals surface area contributed by atoms with Crippen molar-refractivity contribution < 1.29 is 4.74 Å². The fourth-order valence-corrected chi connectivity index (χ4v) is 5.07. The summed E-state index contributed by atoms with van der Waals surface area (Å²) in [5.41, 5.74) is 6.24. The number of fused-ring (bicyclic) bond motifs is 1. The van der Waals surface area contributed by atoms with E-state index < -0.39 is 0 Å². The first-order valence-corrected chi connectivity index (χ1v) is 13.3. The molecule has 1 unspecified atom stereocenters. The van der Waals surface area contributed by atoms with E-state index in [9.17, 15) is 0 Å². The van der Waals surface area contributed by atoms with Crippen molar-refractivity contribution in [3.63, 3.8) is 0 Å². The molecule has 1 atom stereocenters. The molecule has 0 saturated heterocycles. The lowest BCUT2D eigenvalue weighted by atomic mass is 10.1. The van der Waals surface area contributed by atoms with Gasteiger partial charge < -0.3 is 9.64 Å². The van der Waals surface area contributed by atoms with Crippen LogP contribution in [0.1, 0.15) is 22.5 Å². The van der Waals surface area contributed by atoms with Crippen molar-refractivity contribution in [2.24, 2.45) is 0 Å². The first-order chi connectivity index (χ1) is 18.9. The molecule has 5 aromatic rings. The lowest BCUT2D eigenvalue weighted by Gasteiger charge is -2.25. The Bertz CT molecular complexity index is 1530. The van der Waals surface area contributed by atoms with Crippen LogP contribution >= 0.6 is 0 Å². The van der Waals surface area contributed by atoms with Crippen LogP contribution in [-0.4, -0.2) is 58.7 Å². The summed E-state index contributed by atoms with van der Waals surface area (Å²) < 4.78 is 8.64. The van der Waals surface area contributed by atoms with E-state index in [1.165, 1.54) is 11.1 Å². The first kappa shape index (κ1) is 26.4. The number of anilines is 1. The minimum Gasteiger partial charge on any atom is -0.489 e. The third-order valence-corrected chi connectivity index (χ3v) is 6.89. The molecule has 7 nitrogen and oxygen atoms in total. The molecule has 0 aliphatic heterocycles. The molecule has 0 radical (unpaired) electrons. The van der Waals surface area contributed by atoms with Crippen LogP contribution in [0.3, 0.4) is 0 Å². The molecule has 3 aromatic carbocycles. The summed E-state index contributed by atoms with van der Waals surface area (Å²) in [7, 11) is 6.07. The van der Waals surface area contributed by atoms with Crippen LogP contribution in [0, 0.1) is 13.8 Å². The summed E-state index contributed by atoms with van der Waals surface area (Å²) in [6.45, 7) is 5.72. The van der Waals surface area contributed by atoms with Crippen LogP contribution in [0.4, 0.5) is 5.82 Å². The number of nitrogens with zero attached hydrogens (tertiary/aromatic N) is 6. The maximum absolute atomic E-state index is 6.67. The van der Waals surface area contributed by atoms with Crippen molar-refractivity contribution in [1.29, 1.82) is 0 Å². The second kappa shape index (κ2) is 11.7. The molecule has 2 aromatic heterocycles. The summed E-state index contributed by atoms with van der Waals surface area (Å²) in [5, 5.41) is 14.7. The number of benzene rings is 3. The maximum Gasteiger partial charge on any atom is 0.179 e. The van der Waals surface area contributed by atoms with Crippen molar-refractivity contribution in [3.05, 3.63) is 107 Å². The Kier molecular flexibility index (Phi) is 7.89. The van der Waals surface area contributed by atoms with Gasteiger partial charge in [0, 0.05) is 39.7 Å². The number of ether oxygens (including phenoxy) is 1. The van der Waals surface area contributed by atoms with E-state index >= 15 is 0 Å². The van der Waals surface area contributed by atoms with Crippen LogP contribution in [0.2, 0.25) is 0 Å². The Morgan fingerprint density at radius 1 is 0.821 bits per heavy atom. The number of aromatic nitrogens is 4. The standard InChI is InChI=1S/C32H36N6O/c1-23-30-24(2)38(35-31(30)32(34-33-23)36(3)4)27-17-12-18-28(20-27)39-29(19-25-13-8-6-9-14-25)22-37(5)21-26-15-10-7-11-16-26/h6-18,20,29H,19,21-22H2,1-5H3. The van der Waals surface area contributed by atoms with E-state index in [0.717, 1.165) is 59.1 Å². The number of likely N-dealkylation sites (N-methyl/N-ethyl adjacent to an activating group) is 1. The number of hydrogen-bond donors (Lipinski definition) is 0. The van der Waals surface area contributed by atoms with Crippen molar-refractivity contribution in [2.75, 3.05) is 32.6 Å². The van der Waals surface area contributed by atoms with Gasteiger partial charge in [0.05, 0.1) is 22.5 Å². The average molecular weight is 521 g/mol. The molecule has 0 amide bonds. The highest BCUT2D eigenvalue weighted by Gasteiger charge is 2.19. The van der Waals surface area contributed by atoms with Crippen molar-refractivity contribution in [3.8, 4) is 11.4 Å². The third kappa shape index (κ3) is 6.10. The molecule has 0 bridgehead atoms. The molecule has 7 heteroatoms. The predicted octanol–water partition coefficient (Wildman–Crippen LogP) is 5.62. The van der Waals surface area contributed by atoms with Crippen LogP contribution in [0.5, 0.6) is 5.75 Å². The maximum atomic E-state index is 6.67. The summed E-state index contributed by atoms with van der Waals surface area (Å²) in [5.74, 6) is 1.58. The third-order valence-electron chi connectivity index (χ3n) is 6.89. The summed E-state index contributed by atoms with van der Waals surface area (Å²) in [6, 6.07) is 29.3. The summed E-state index contributed by atoms with van der Waals surface area (Å²) in [6.07, 6.45) is 0.794. The molecule has 0 N–H and O–H groups in total. The van der Waals surface area contributed by atoms with Gasteiger partial charge in [-0.25, -0.2) is 4.68 Å². The van der Waals surface area contributed by atoms with Crippen LogP contribution in [0.15, 0.2) is 84.9 Å². The van der Waals surface area contributed by atoms with Crippen LogP contribution in [-0.2, 0) is 13.0 Å². The fourth-order valence-electron chi connectivity index (χ4n) is 5.07. The molecule has 5 rings (SSSR count). The monoisotopic (exact) mass is 520 g/mol. The number of rotatable bonds is 10. The zero-order chi connectivity index (χ0) is 27.4. The van der Waals surface area contributed by atoms with Gasteiger partial charge in [0.15, 0.2) is 5.82 Å². The molecule has 39 heavy (non-hydrogen) atoms. The Morgan fingerprint density at radius 2 is 1.51 bits per heavy atom. The van der Waals surface area contributed by atoms with Crippen molar-refractivity contribution in [2.45, 2.75) is 32.9 Å².